The van der Waals surface area contributed by atoms with E-state index in [2.05, 4.69) is 166 Å². The van der Waals surface area contributed by atoms with Crippen molar-refractivity contribution in [1.29, 1.82) is 5.26 Å². The zero-order valence-electron chi connectivity index (χ0n) is 30.6. The highest BCUT2D eigenvalue weighted by Crippen LogP contribution is 2.49. The maximum Gasteiger partial charge on any atom is 0.212 e. The molecule has 0 fully saturated rings. The first-order valence-electron chi connectivity index (χ1n) is 19.2. The summed E-state index contributed by atoms with van der Waals surface area (Å²) in [6.45, 7) is 8.82. The van der Waals surface area contributed by atoms with Crippen molar-refractivity contribution in [2.45, 2.75) is 0 Å². The molecule has 0 N–H and O–H groups in total. The van der Waals surface area contributed by atoms with Crippen molar-refractivity contribution in [2.75, 3.05) is 0 Å². The van der Waals surface area contributed by atoms with Crippen molar-refractivity contribution >= 4 is 134 Å². The highest BCUT2D eigenvalue weighted by molar-refractivity contribution is 7.26. The van der Waals surface area contributed by atoms with E-state index in [9.17, 15) is 5.26 Å². The molecule has 0 amide bonds. The lowest BCUT2D eigenvalue weighted by Gasteiger charge is -2.17. The number of aromatic nitrogens is 2. The number of thiophene rings is 2. The van der Waals surface area contributed by atoms with Gasteiger partial charge in [-0.05, 0) is 70.1 Å². The van der Waals surface area contributed by atoms with Crippen LogP contribution in [0.4, 0.5) is 5.69 Å². The summed E-state index contributed by atoms with van der Waals surface area (Å²) in [4.78, 5) is 4.30. The van der Waals surface area contributed by atoms with E-state index in [0.29, 0.717) is 22.6 Å². The van der Waals surface area contributed by atoms with Crippen molar-refractivity contribution < 1.29 is 0 Å². The molecule has 0 atom stereocenters. The van der Waals surface area contributed by atoms with Gasteiger partial charge in [0.05, 0.1) is 45.6 Å². The molecule has 266 valence electrons. The summed E-state index contributed by atoms with van der Waals surface area (Å²) in [5, 5.41) is 25.1. The maximum absolute atomic E-state index is 11.3. The fourth-order valence-corrected chi connectivity index (χ4v) is 12.0. The first kappa shape index (κ1) is 31.7. The van der Waals surface area contributed by atoms with Crippen LogP contribution in [-0.2, 0) is 0 Å². The van der Waals surface area contributed by atoms with Crippen molar-refractivity contribution in [3.05, 3.63) is 175 Å². The maximum atomic E-state index is 11.3. The quantitative estimate of drug-likeness (QED) is 0.161. The van der Waals surface area contributed by atoms with Crippen LogP contribution in [0, 0.1) is 17.9 Å². The molecule has 4 heterocycles. The molecule has 0 spiro atoms. The molecule has 4 nitrogen and oxygen atoms in total. The zero-order valence-corrected chi connectivity index (χ0v) is 32.2. The number of benzene rings is 9. The van der Waals surface area contributed by atoms with Gasteiger partial charge in [0.1, 0.15) is 6.07 Å². The first-order valence-corrected chi connectivity index (χ1v) is 20.8. The van der Waals surface area contributed by atoms with Gasteiger partial charge in [0.2, 0.25) is 5.69 Å². The molecule has 0 aliphatic carbocycles. The predicted molar refractivity (Wildman–Crippen MR) is 247 cm³/mol. The Kier molecular flexibility index (Phi) is 6.30. The smallest absolute Gasteiger partial charge is 0.212 e. The number of fused-ring (bicyclic) bond motifs is 18. The van der Waals surface area contributed by atoms with Crippen LogP contribution in [-0.4, -0.2) is 9.13 Å². The van der Waals surface area contributed by atoms with E-state index in [0.717, 1.165) is 75.9 Å². The lowest BCUT2D eigenvalue weighted by molar-refractivity contribution is 1.15. The lowest BCUT2D eigenvalue weighted by atomic mass is 10.0. The second kappa shape index (κ2) is 11.5. The molecule has 0 saturated carbocycles. The fraction of sp³-hybridized carbons (Fsp3) is 0. The van der Waals surface area contributed by atoms with Crippen LogP contribution < -0.4 is 0 Å². The van der Waals surface area contributed by atoms with Crippen LogP contribution in [0.1, 0.15) is 5.56 Å². The third-order valence-electron chi connectivity index (χ3n) is 12.1. The largest absolute Gasteiger partial charge is 0.318 e. The summed E-state index contributed by atoms with van der Waals surface area (Å²) >= 11 is 3.58. The Labute approximate surface area is 338 Å². The van der Waals surface area contributed by atoms with E-state index in [1.165, 1.54) is 29.6 Å². The normalized spacial score (nSPS) is 12.1. The summed E-state index contributed by atoms with van der Waals surface area (Å²) in [6, 6.07) is 58.5. The summed E-state index contributed by atoms with van der Waals surface area (Å²) in [5.74, 6) is 0. The minimum Gasteiger partial charge on any atom is -0.318 e. The van der Waals surface area contributed by atoms with E-state index in [1.807, 2.05) is 12.1 Å². The van der Waals surface area contributed by atoms with E-state index in [4.69, 9.17) is 6.57 Å². The van der Waals surface area contributed by atoms with Crippen LogP contribution >= 0.6 is 22.7 Å². The summed E-state index contributed by atoms with van der Waals surface area (Å²) in [7, 11) is 0. The molecule has 58 heavy (non-hydrogen) atoms. The molecule has 0 radical (unpaired) electrons. The highest BCUT2D eigenvalue weighted by Gasteiger charge is 2.25. The van der Waals surface area contributed by atoms with Gasteiger partial charge in [-0.1, -0.05) is 109 Å². The number of nitrogens with zero attached hydrogens (tertiary/aromatic N) is 4. The Bertz CT molecular complexity index is 3790. The van der Waals surface area contributed by atoms with Gasteiger partial charge in [-0.15, -0.1) is 22.7 Å². The number of nitriles is 1. The van der Waals surface area contributed by atoms with Gasteiger partial charge in [-0.3, -0.25) is 0 Å². The van der Waals surface area contributed by atoms with Crippen LogP contribution in [0.5, 0.6) is 0 Å². The SMILES string of the molecule is [C-]#[N+]c1cc(-n2c3ccc4ccccc4c3c3ccc4sc5ccccc5c4c32)c(C#N)cc1-n1c2ccc3ccccc3c2c2ccc3sc4ccccc4c3c21. The second-order valence-electron chi connectivity index (χ2n) is 15.0. The van der Waals surface area contributed by atoms with E-state index < -0.39 is 0 Å². The summed E-state index contributed by atoms with van der Waals surface area (Å²) in [6.07, 6.45) is 0. The van der Waals surface area contributed by atoms with Gasteiger partial charge in [0.25, 0.3) is 0 Å². The number of hydrogen-bond donors (Lipinski definition) is 0. The van der Waals surface area contributed by atoms with Gasteiger partial charge >= 0.3 is 0 Å². The van der Waals surface area contributed by atoms with Crippen molar-refractivity contribution in [2.24, 2.45) is 0 Å². The van der Waals surface area contributed by atoms with Crippen molar-refractivity contribution in [1.82, 2.24) is 9.13 Å². The molecule has 13 aromatic rings. The van der Waals surface area contributed by atoms with Crippen LogP contribution in [0.3, 0.4) is 0 Å². The lowest BCUT2D eigenvalue weighted by Crippen LogP contribution is -2.02. The minimum absolute atomic E-state index is 0.482. The summed E-state index contributed by atoms with van der Waals surface area (Å²) < 4.78 is 9.34. The number of hydrogen-bond acceptors (Lipinski definition) is 3. The third-order valence-corrected chi connectivity index (χ3v) is 14.4. The topological polar surface area (TPSA) is 38.0 Å². The molecular formula is C52H26N4S2. The van der Waals surface area contributed by atoms with Gasteiger partial charge < -0.3 is 9.13 Å². The van der Waals surface area contributed by atoms with E-state index >= 15 is 0 Å². The van der Waals surface area contributed by atoms with E-state index in [-0.39, 0.29) is 0 Å². The van der Waals surface area contributed by atoms with Gasteiger partial charge in [0, 0.05) is 61.9 Å². The Morgan fingerprint density at radius 2 is 0.931 bits per heavy atom. The molecule has 6 heteroatoms. The van der Waals surface area contributed by atoms with Crippen LogP contribution in [0.2, 0.25) is 0 Å². The molecule has 0 unspecified atom stereocenters. The van der Waals surface area contributed by atoms with Crippen molar-refractivity contribution in [3.8, 4) is 17.4 Å². The summed E-state index contributed by atoms with van der Waals surface area (Å²) in [5.41, 5.74) is 6.51. The van der Waals surface area contributed by atoms with E-state index in [1.54, 1.807) is 22.7 Å². The first-order chi connectivity index (χ1) is 28.7. The van der Waals surface area contributed by atoms with Crippen molar-refractivity contribution in [3.63, 3.8) is 0 Å². The van der Waals surface area contributed by atoms with Crippen LogP contribution in [0.25, 0.3) is 122 Å². The molecule has 0 saturated heterocycles. The standard InChI is InChI=1S/C52H26N4S2/c1-54-38-27-41(55-39-22-18-29-10-2-4-12-32(29)47(39)36-20-24-45-49(51(36)55)34-14-6-8-16-43(34)57-45)31(28-53)26-42(38)56-40-23-19-30-11-3-5-13-33(30)48(40)37-21-25-46-50(52(37)56)35-15-7-9-17-44(35)58-46/h2-27H. The van der Waals surface area contributed by atoms with Gasteiger partial charge in [0.15, 0.2) is 0 Å². The Hall–Kier alpha value is -7.48. The zero-order chi connectivity index (χ0) is 38.2. The molecule has 0 aliphatic heterocycles. The third kappa shape index (κ3) is 4.05. The second-order valence-corrected chi connectivity index (χ2v) is 17.1. The highest BCUT2D eigenvalue weighted by atomic mass is 32.1. The Balaban J connectivity index is 1.21. The molecule has 0 bridgehead atoms. The Morgan fingerprint density at radius 1 is 0.448 bits per heavy atom. The predicted octanol–water partition coefficient (Wildman–Crippen LogP) is 15.3. The number of rotatable bonds is 2. The van der Waals surface area contributed by atoms with Gasteiger partial charge in [-0.2, -0.15) is 5.26 Å². The molecule has 0 aliphatic rings. The van der Waals surface area contributed by atoms with Crippen LogP contribution in [0.15, 0.2) is 158 Å². The fourth-order valence-electron chi connectivity index (χ4n) is 9.77. The average Bonchev–Trinajstić information content (AvgIpc) is 4.03. The molecule has 9 aromatic carbocycles. The molecule has 4 aromatic heterocycles. The molecule has 13 rings (SSSR count). The Morgan fingerprint density at radius 3 is 1.45 bits per heavy atom. The molecular weight excluding hydrogens is 745 g/mol. The average molecular weight is 771 g/mol. The van der Waals surface area contributed by atoms with Gasteiger partial charge in [-0.25, -0.2) is 4.85 Å². The minimum atomic E-state index is 0.482. The monoisotopic (exact) mass is 770 g/mol.